The lowest BCUT2D eigenvalue weighted by Gasteiger charge is -2.47. The second-order valence-electron chi connectivity index (χ2n) is 8.19. The van der Waals surface area contributed by atoms with Crippen LogP contribution in [0.1, 0.15) is 58.8 Å². The lowest BCUT2D eigenvalue weighted by atomic mass is 9.82. The van der Waals surface area contributed by atoms with Gasteiger partial charge in [0.1, 0.15) is 0 Å². The van der Waals surface area contributed by atoms with Gasteiger partial charge >= 0.3 is 0 Å². The van der Waals surface area contributed by atoms with Crippen molar-refractivity contribution in [2.45, 2.75) is 82.5 Å². The lowest BCUT2D eigenvalue weighted by molar-refractivity contribution is 0.0857. The van der Waals surface area contributed by atoms with E-state index in [0.29, 0.717) is 11.5 Å². The zero-order valence-electron chi connectivity index (χ0n) is 12.9. The molecule has 19 heavy (non-hydrogen) atoms. The highest BCUT2D eigenvalue weighted by Crippen LogP contribution is 2.42. The Hall–Kier alpha value is -0.120. The predicted molar refractivity (Wildman–Crippen MR) is 80.1 cm³/mol. The Morgan fingerprint density at radius 1 is 1.11 bits per heavy atom. The van der Waals surface area contributed by atoms with Crippen molar-refractivity contribution >= 4 is 0 Å². The molecule has 0 spiro atoms. The van der Waals surface area contributed by atoms with Crippen LogP contribution < -0.4 is 11.1 Å². The van der Waals surface area contributed by atoms with E-state index in [0.717, 1.165) is 18.6 Å². The number of hydrogen-bond acceptors (Lipinski definition) is 3. The van der Waals surface area contributed by atoms with Gasteiger partial charge in [-0.05, 0) is 57.4 Å². The Bertz CT molecular complexity index is 325. The second-order valence-corrected chi connectivity index (χ2v) is 8.19. The number of nitrogens with two attached hydrogens (primary N) is 1. The molecular weight excluding hydrogens is 234 g/mol. The first kappa shape index (κ1) is 13.8. The fraction of sp³-hybridized carbons (Fsp3) is 1.00. The molecule has 3 heteroatoms. The number of nitrogens with one attached hydrogen (secondary N) is 1. The Kier molecular flexibility index (Phi) is 3.43. The summed E-state index contributed by atoms with van der Waals surface area (Å²) in [4.78, 5) is 2.61. The fourth-order valence-electron chi connectivity index (χ4n) is 4.90. The van der Waals surface area contributed by atoms with Crippen molar-refractivity contribution in [3.63, 3.8) is 0 Å². The van der Waals surface area contributed by atoms with Crippen molar-refractivity contribution in [1.29, 1.82) is 0 Å². The van der Waals surface area contributed by atoms with Gasteiger partial charge in [0.2, 0.25) is 0 Å². The molecule has 0 radical (unpaired) electrons. The topological polar surface area (TPSA) is 41.3 Å². The minimum atomic E-state index is 0.226. The highest BCUT2D eigenvalue weighted by molar-refractivity contribution is 5.07. The molecule has 0 aromatic carbocycles. The van der Waals surface area contributed by atoms with Crippen LogP contribution in [0.5, 0.6) is 0 Å². The maximum atomic E-state index is 6.20. The summed E-state index contributed by atoms with van der Waals surface area (Å²) in [5, 5.41) is 4.01. The number of rotatable bonds is 3. The molecule has 3 fully saturated rings. The van der Waals surface area contributed by atoms with Gasteiger partial charge in [0.25, 0.3) is 0 Å². The SMILES string of the molecule is CN1C2CCC1CC(CN)(NC1CCC(C)(C)C1)C2. The molecule has 3 unspecified atom stereocenters. The quantitative estimate of drug-likeness (QED) is 0.821. The van der Waals surface area contributed by atoms with Crippen molar-refractivity contribution in [3.05, 3.63) is 0 Å². The molecule has 110 valence electrons. The summed E-state index contributed by atoms with van der Waals surface area (Å²) in [6, 6.07) is 2.23. The van der Waals surface area contributed by atoms with Crippen LogP contribution in [0, 0.1) is 5.41 Å². The van der Waals surface area contributed by atoms with E-state index in [1.54, 1.807) is 0 Å². The Morgan fingerprint density at radius 3 is 2.21 bits per heavy atom. The van der Waals surface area contributed by atoms with Gasteiger partial charge in [-0.2, -0.15) is 0 Å². The molecule has 1 aliphatic carbocycles. The standard InChI is InChI=1S/C16H31N3/c1-15(2)7-6-12(8-15)18-16(11-17)9-13-4-5-14(10-16)19(13)3/h12-14,18H,4-11,17H2,1-3H3. The summed E-state index contributed by atoms with van der Waals surface area (Å²) in [5.74, 6) is 0. The largest absolute Gasteiger partial charge is 0.329 e. The van der Waals surface area contributed by atoms with Gasteiger partial charge < -0.3 is 16.0 Å². The van der Waals surface area contributed by atoms with E-state index in [2.05, 4.69) is 31.1 Å². The molecule has 2 saturated heterocycles. The fourth-order valence-corrected chi connectivity index (χ4v) is 4.90. The normalized spacial score (nSPS) is 45.8. The lowest BCUT2D eigenvalue weighted by Crippen LogP contribution is -2.62. The number of nitrogens with zero attached hydrogens (tertiary/aromatic N) is 1. The van der Waals surface area contributed by atoms with Gasteiger partial charge in [0, 0.05) is 30.2 Å². The minimum Gasteiger partial charge on any atom is -0.329 e. The van der Waals surface area contributed by atoms with Crippen LogP contribution in [0.3, 0.4) is 0 Å². The molecule has 3 N–H and O–H groups in total. The first-order chi connectivity index (χ1) is 8.93. The number of fused-ring (bicyclic) bond motifs is 2. The molecule has 0 aromatic heterocycles. The van der Waals surface area contributed by atoms with Crippen molar-refractivity contribution in [2.24, 2.45) is 11.1 Å². The average molecular weight is 265 g/mol. The van der Waals surface area contributed by atoms with Crippen LogP contribution in [-0.4, -0.2) is 42.2 Å². The molecule has 2 heterocycles. The summed E-state index contributed by atoms with van der Waals surface area (Å²) < 4.78 is 0. The third kappa shape index (κ3) is 2.57. The molecule has 0 amide bonds. The van der Waals surface area contributed by atoms with Crippen LogP contribution in [0.4, 0.5) is 0 Å². The van der Waals surface area contributed by atoms with Crippen LogP contribution >= 0.6 is 0 Å². The molecule has 1 saturated carbocycles. The highest BCUT2D eigenvalue weighted by atomic mass is 15.2. The maximum Gasteiger partial charge on any atom is 0.0336 e. The molecular formula is C16H31N3. The van der Waals surface area contributed by atoms with Crippen LogP contribution in [0.25, 0.3) is 0 Å². The maximum absolute atomic E-state index is 6.20. The molecule has 3 nitrogen and oxygen atoms in total. The average Bonchev–Trinajstić information content (AvgIpc) is 2.78. The molecule has 0 aromatic rings. The van der Waals surface area contributed by atoms with Crippen LogP contribution in [-0.2, 0) is 0 Å². The van der Waals surface area contributed by atoms with Gasteiger partial charge in [-0.15, -0.1) is 0 Å². The van der Waals surface area contributed by atoms with Crippen molar-refractivity contribution < 1.29 is 0 Å². The zero-order valence-corrected chi connectivity index (χ0v) is 12.9. The Morgan fingerprint density at radius 2 is 1.74 bits per heavy atom. The van der Waals surface area contributed by atoms with Gasteiger partial charge in [-0.25, -0.2) is 0 Å². The third-order valence-corrected chi connectivity index (χ3v) is 6.11. The smallest absolute Gasteiger partial charge is 0.0336 e. The molecule has 3 rings (SSSR count). The molecule has 2 bridgehead atoms. The molecule has 2 aliphatic heterocycles. The van der Waals surface area contributed by atoms with E-state index in [1.807, 2.05) is 0 Å². The van der Waals surface area contributed by atoms with Gasteiger partial charge in [0.15, 0.2) is 0 Å². The Labute approximate surface area is 118 Å². The van der Waals surface area contributed by atoms with E-state index in [9.17, 15) is 0 Å². The van der Waals surface area contributed by atoms with Gasteiger partial charge in [-0.1, -0.05) is 13.8 Å². The van der Waals surface area contributed by atoms with Gasteiger partial charge in [0.05, 0.1) is 0 Å². The zero-order chi connectivity index (χ0) is 13.7. The van der Waals surface area contributed by atoms with E-state index < -0.39 is 0 Å². The van der Waals surface area contributed by atoms with Crippen molar-refractivity contribution in [3.8, 4) is 0 Å². The number of piperidine rings is 1. The molecule has 3 aliphatic rings. The van der Waals surface area contributed by atoms with E-state index in [4.69, 9.17) is 5.73 Å². The predicted octanol–water partition coefficient (Wildman–Crippen LogP) is 2.11. The first-order valence-electron chi connectivity index (χ1n) is 8.13. The number of hydrogen-bond donors (Lipinski definition) is 2. The second kappa shape index (κ2) is 4.71. The van der Waals surface area contributed by atoms with Crippen molar-refractivity contribution in [2.75, 3.05) is 13.6 Å². The summed E-state index contributed by atoms with van der Waals surface area (Å²) in [5.41, 5.74) is 6.95. The van der Waals surface area contributed by atoms with E-state index in [-0.39, 0.29) is 5.54 Å². The van der Waals surface area contributed by atoms with E-state index >= 15 is 0 Å². The minimum absolute atomic E-state index is 0.226. The summed E-state index contributed by atoms with van der Waals surface area (Å²) in [6.07, 6.45) is 9.28. The monoisotopic (exact) mass is 265 g/mol. The summed E-state index contributed by atoms with van der Waals surface area (Å²) in [6.45, 7) is 5.62. The van der Waals surface area contributed by atoms with Crippen LogP contribution in [0.15, 0.2) is 0 Å². The molecule has 3 atom stereocenters. The van der Waals surface area contributed by atoms with E-state index in [1.165, 1.54) is 44.9 Å². The third-order valence-electron chi connectivity index (χ3n) is 6.11. The van der Waals surface area contributed by atoms with Crippen molar-refractivity contribution in [1.82, 2.24) is 10.2 Å². The highest BCUT2D eigenvalue weighted by Gasteiger charge is 2.47. The van der Waals surface area contributed by atoms with Gasteiger partial charge in [-0.3, -0.25) is 0 Å². The summed E-state index contributed by atoms with van der Waals surface area (Å²) >= 11 is 0. The summed E-state index contributed by atoms with van der Waals surface area (Å²) in [7, 11) is 2.31. The Balaban J connectivity index is 1.68. The first-order valence-corrected chi connectivity index (χ1v) is 8.13. The van der Waals surface area contributed by atoms with Crippen LogP contribution in [0.2, 0.25) is 0 Å².